The maximum atomic E-state index is 12.9. The van der Waals surface area contributed by atoms with Gasteiger partial charge < -0.3 is 15.4 Å². The van der Waals surface area contributed by atoms with Crippen molar-refractivity contribution in [3.05, 3.63) is 78.6 Å². The van der Waals surface area contributed by atoms with E-state index < -0.39 is 0 Å². The molecule has 0 radical (unpaired) electrons. The van der Waals surface area contributed by atoms with Crippen molar-refractivity contribution in [3.8, 4) is 17.0 Å². The number of pyridine rings is 1. The Hall–Kier alpha value is -4.00. The second kappa shape index (κ2) is 9.00. The summed E-state index contributed by atoms with van der Waals surface area (Å²) in [7, 11) is 1.63. The third-order valence-corrected chi connectivity index (χ3v) is 4.61. The topological polar surface area (TPSA) is 89.0 Å². The molecule has 1 amide bonds. The van der Waals surface area contributed by atoms with Gasteiger partial charge in [-0.1, -0.05) is 18.2 Å². The fourth-order valence-electron chi connectivity index (χ4n) is 3.11. The number of para-hydroxylation sites is 1. The van der Waals surface area contributed by atoms with Gasteiger partial charge in [0.2, 0.25) is 5.95 Å². The Kier molecular flexibility index (Phi) is 5.80. The van der Waals surface area contributed by atoms with Crippen molar-refractivity contribution in [2.24, 2.45) is 0 Å². The molecule has 0 aliphatic rings. The lowest BCUT2D eigenvalue weighted by atomic mass is 10.0. The molecule has 2 heterocycles. The Labute approximate surface area is 174 Å². The lowest BCUT2D eigenvalue weighted by Crippen LogP contribution is -2.29. The number of rotatable bonds is 7. The molecule has 0 saturated heterocycles. The molecule has 0 atom stereocenters. The Bertz CT molecular complexity index is 1150. The number of aromatic nitrogens is 3. The number of hydrogen-bond donors (Lipinski definition) is 2. The monoisotopic (exact) mass is 399 g/mol. The average Bonchev–Trinajstić information content (AvgIpc) is 2.81. The van der Waals surface area contributed by atoms with Crippen LogP contribution >= 0.6 is 0 Å². The van der Waals surface area contributed by atoms with E-state index in [1.165, 1.54) is 0 Å². The summed E-state index contributed by atoms with van der Waals surface area (Å²) >= 11 is 0. The van der Waals surface area contributed by atoms with E-state index in [-0.39, 0.29) is 5.91 Å². The Morgan fingerprint density at radius 3 is 2.50 bits per heavy atom. The summed E-state index contributed by atoms with van der Waals surface area (Å²) in [5.74, 6) is 1.15. The maximum Gasteiger partial charge on any atom is 0.252 e. The van der Waals surface area contributed by atoms with Crippen molar-refractivity contribution < 1.29 is 9.53 Å². The summed E-state index contributed by atoms with van der Waals surface area (Å²) in [6, 6.07) is 18.8. The Morgan fingerprint density at radius 2 is 1.73 bits per heavy atom. The highest BCUT2D eigenvalue weighted by molar-refractivity contribution is 6.07. The van der Waals surface area contributed by atoms with Gasteiger partial charge >= 0.3 is 0 Å². The van der Waals surface area contributed by atoms with Crippen molar-refractivity contribution in [2.75, 3.05) is 25.5 Å². The number of amides is 1. The van der Waals surface area contributed by atoms with Gasteiger partial charge in [-0.15, -0.1) is 0 Å². The van der Waals surface area contributed by atoms with Gasteiger partial charge in [-0.2, -0.15) is 0 Å². The number of hydrogen-bond acceptors (Lipinski definition) is 6. The summed E-state index contributed by atoms with van der Waals surface area (Å²) in [5.41, 5.74) is 3.00. The van der Waals surface area contributed by atoms with E-state index in [9.17, 15) is 4.79 Å². The molecule has 30 heavy (non-hydrogen) atoms. The van der Waals surface area contributed by atoms with Gasteiger partial charge in [0.25, 0.3) is 5.91 Å². The molecular formula is C23H21N5O2. The molecule has 0 saturated carbocycles. The van der Waals surface area contributed by atoms with E-state index >= 15 is 0 Å². The van der Waals surface area contributed by atoms with E-state index in [1.54, 1.807) is 25.6 Å². The molecule has 2 N–H and O–H groups in total. The van der Waals surface area contributed by atoms with Crippen LogP contribution in [0.5, 0.6) is 5.75 Å². The predicted octanol–water partition coefficient (Wildman–Crippen LogP) is 3.54. The summed E-state index contributed by atoms with van der Waals surface area (Å²) in [4.78, 5) is 25.9. The minimum atomic E-state index is -0.154. The highest BCUT2D eigenvalue weighted by Gasteiger charge is 2.13. The molecule has 0 spiro atoms. The van der Waals surface area contributed by atoms with Crippen molar-refractivity contribution in [2.45, 2.75) is 0 Å². The molecule has 0 aliphatic heterocycles. The third kappa shape index (κ3) is 4.35. The molecule has 0 fully saturated rings. The first-order valence-corrected chi connectivity index (χ1v) is 9.58. The van der Waals surface area contributed by atoms with E-state index in [2.05, 4.69) is 20.6 Å². The molecule has 0 unspecified atom stereocenters. The Balaban J connectivity index is 1.54. The molecule has 0 aliphatic carbocycles. The molecule has 4 rings (SSSR count). The molecule has 0 bridgehead atoms. The highest BCUT2D eigenvalue weighted by Crippen LogP contribution is 2.26. The summed E-state index contributed by atoms with van der Waals surface area (Å²) in [5, 5.41) is 6.84. The quantitative estimate of drug-likeness (QED) is 0.462. The van der Waals surface area contributed by atoms with Gasteiger partial charge in [0, 0.05) is 36.4 Å². The van der Waals surface area contributed by atoms with E-state index in [4.69, 9.17) is 9.72 Å². The van der Waals surface area contributed by atoms with Gasteiger partial charge in [0.05, 0.1) is 23.9 Å². The van der Waals surface area contributed by atoms with Crippen LogP contribution in [-0.2, 0) is 0 Å². The SMILES string of the molecule is COc1ccc(-c2cc(C(=O)NCCNc3ncccn3)c3ccccc3n2)cc1. The molecule has 2 aromatic heterocycles. The highest BCUT2D eigenvalue weighted by atomic mass is 16.5. The van der Waals surface area contributed by atoms with Crippen LogP contribution in [-0.4, -0.2) is 41.1 Å². The average molecular weight is 399 g/mol. The first kappa shape index (κ1) is 19.3. The first-order valence-electron chi connectivity index (χ1n) is 9.58. The number of benzene rings is 2. The third-order valence-electron chi connectivity index (χ3n) is 4.61. The summed E-state index contributed by atoms with van der Waals surface area (Å²) in [6.07, 6.45) is 3.33. The summed E-state index contributed by atoms with van der Waals surface area (Å²) in [6.45, 7) is 0.954. The second-order valence-corrected chi connectivity index (χ2v) is 6.56. The minimum Gasteiger partial charge on any atom is -0.497 e. The molecule has 150 valence electrons. The van der Waals surface area contributed by atoms with Gasteiger partial charge in [0.15, 0.2) is 0 Å². The van der Waals surface area contributed by atoms with Crippen molar-refractivity contribution >= 4 is 22.8 Å². The lowest BCUT2D eigenvalue weighted by molar-refractivity contribution is 0.0957. The minimum absolute atomic E-state index is 0.154. The zero-order valence-electron chi connectivity index (χ0n) is 16.5. The van der Waals surface area contributed by atoms with Gasteiger partial charge in [-0.05, 0) is 42.5 Å². The van der Waals surface area contributed by atoms with Gasteiger partial charge in [-0.3, -0.25) is 4.79 Å². The number of carbonyl (C=O) groups excluding carboxylic acids is 1. The number of anilines is 1. The molecular weight excluding hydrogens is 378 g/mol. The number of carbonyl (C=O) groups is 1. The standard InChI is InChI=1S/C23H21N5O2/c1-30-17-9-7-16(8-10-17)21-15-19(18-5-2-3-6-20(18)28-21)22(29)24-13-14-27-23-25-11-4-12-26-23/h2-12,15H,13-14H2,1H3,(H,24,29)(H,25,26,27). The van der Waals surface area contributed by atoms with Crippen LogP contribution in [0.1, 0.15) is 10.4 Å². The van der Waals surface area contributed by atoms with Gasteiger partial charge in [-0.25, -0.2) is 15.0 Å². The molecule has 4 aromatic rings. The number of fused-ring (bicyclic) bond motifs is 1. The first-order chi connectivity index (χ1) is 14.7. The maximum absolute atomic E-state index is 12.9. The molecule has 7 nitrogen and oxygen atoms in total. The van der Waals surface area contributed by atoms with Crippen molar-refractivity contribution in [3.63, 3.8) is 0 Å². The molecule has 7 heteroatoms. The van der Waals surface area contributed by atoms with Crippen molar-refractivity contribution in [1.82, 2.24) is 20.3 Å². The van der Waals surface area contributed by atoms with Crippen LogP contribution in [0, 0.1) is 0 Å². The van der Waals surface area contributed by atoms with Crippen LogP contribution in [0.4, 0.5) is 5.95 Å². The fraction of sp³-hybridized carbons (Fsp3) is 0.130. The number of ether oxygens (including phenoxy) is 1. The largest absolute Gasteiger partial charge is 0.497 e. The predicted molar refractivity (Wildman–Crippen MR) is 117 cm³/mol. The zero-order chi connectivity index (χ0) is 20.8. The van der Waals surface area contributed by atoms with E-state index in [0.29, 0.717) is 24.6 Å². The zero-order valence-corrected chi connectivity index (χ0v) is 16.5. The van der Waals surface area contributed by atoms with Crippen LogP contribution in [0.2, 0.25) is 0 Å². The number of nitrogens with one attached hydrogen (secondary N) is 2. The number of nitrogens with zero attached hydrogens (tertiary/aromatic N) is 3. The lowest BCUT2D eigenvalue weighted by Gasteiger charge is -2.11. The van der Waals surface area contributed by atoms with Crippen LogP contribution in [0.15, 0.2) is 73.1 Å². The smallest absolute Gasteiger partial charge is 0.252 e. The van der Waals surface area contributed by atoms with Crippen LogP contribution in [0.25, 0.3) is 22.2 Å². The molecule has 2 aromatic carbocycles. The van der Waals surface area contributed by atoms with Crippen LogP contribution < -0.4 is 15.4 Å². The van der Waals surface area contributed by atoms with E-state index in [1.807, 2.05) is 54.6 Å². The normalized spacial score (nSPS) is 10.6. The van der Waals surface area contributed by atoms with Gasteiger partial charge in [0.1, 0.15) is 5.75 Å². The van der Waals surface area contributed by atoms with Crippen LogP contribution in [0.3, 0.4) is 0 Å². The Morgan fingerprint density at radius 1 is 0.967 bits per heavy atom. The van der Waals surface area contributed by atoms with Crippen molar-refractivity contribution in [1.29, 1.82) is 0 Å². The van der Waals surface area contributed by atoms with E-state index in [0.717, 1.165) is 27.9 Å². The fourth-order valence-corrected chi connectivity index (χ4v) is 3.11. The summed E-state index contributed by atoms with van der Waals surface area (Å²) < 4.78 is 5.22. The second-order valence-electron chi connectivity index (χ2n) is 6.56. The number of methoxy groups -OCH3 is 1.